The van der Waals surface area contributed by atoms with Gasteiger partial charge in [0.05, 0.1) is 6.35 Å². The van der Waals surface area contributed by atoms with E-state index in [-0.39, 0.29) is 6.35 Å². The number of nitrogens with two attached hydrogens (primary N) is 1. The summed E-state index contributed by atoms with van der Waals surface area (Å²) in [5.74, 6) is 0. The highest BCUT2D eigenvalue weighted by atomic mass is 31.1. The molecule has 1 aliphatic rings. The van der Waals surface area contributed by atoms with Crippen molar-refractivity contribution in [2.45, 2.75) is 6.35 Å². The molecule has 0 bridgehead atoms. The Hall–Kier alpha value is 0.310. The maximum absolute atomic E-state index is 5.31. The van der Waals surface area contributed by atoms with Gasteiger partial charge in [-0.25, -0.2) is 0 Å². The molecule has 4 heteroatoms. The summed E-state index contributed by atoms with van der Waals surface area (Å²) in [6.07, 6.45) is 1.64. The number of nitrogens with one attached hydrogen (secondary N) is 1. The molecule has 0 aromatic heterocycles. The molecule has 0 radical (unpaired) electrons. The maximum atomic E-state index is 5.31. The summed E-state index contributed by atoms with van der Waals surface area (Å²) in [7, 11) is 0.874. The molecular formula is C3H9N2OP. The summed E-state index contributed by atoms with van der Waals surface area (Å²) in [6, 6.07) is 0. The number of ether oxygens (including phenoxy) is 1. The Balaban J connectivity index is 2.12. The molecule has 2 unspecified atom stereocenters. The second kappa shape index (κ2) is 2.58. The lowest BCUT2D eigenvalue weighted by Crippen LogP contribution is -2.41. The van der Waals surface area contributed by atoms with Crippen molar-refractivity contribution in [1.29, 1.82) is 0 Å². The second-order valence-electron chi connectivity index (χ2n) is 1.36. The normalized spacial score (nSPS) is 36.4. The van der Waals surface area contributed by atoms with Gasteiger partial charge in [-0.15, -0.1) is 0 Å². The van der Waals surface area contributed by atoms with Crippen LogP contribution in [0.5, 0.6) is 0 Å². The number of hydrogen-bond donors (Lipinski definition) is 2. The highest BCUT2D eigenvalue weighted by Gasteiger charge is 2.04. The van der Waals surface area contributed by atoms with Gasteiger partial charge in [0, 0.05) is 6.29 Å². The Labute approximate surface area is 44.4 Å². The third-order valence-electron chi connectivity index (χ3n) is 0.793. The van der Waals surface area contributed by atoms with Crippen molar-refractivity contribution in [2.24, 2.45) is 5.73 Å². The van der Waals surface area contributed by atoms with E-state index in [4.69, 9.17) is 10.5 Å². The van der Waals surface area contributed by atoms with Gasteiger partial charge in [0.2, 0.25) is 0 Å². The topological polar surface area (TPSA) is 47.3 Å². The van der Waals surface area contributed by atoms with Crippen molar-refractivity contribution in [3.05, 3.63) is 0 Å². The molecule has 0 saturated carbocycles. The maximum Gasteiger partial charge on any atom is 0.161 e. The molecule has 7 heavy (non-hydrogen) atoms. The standard InChI is InChI=1S/C3H9N2OP/c4-3-5-1-7-2-6-3/h3,5,7H,1-2,4H2. The first kappa shape index (κ1) is 5.45. The average molecular weight is 120 g/mol. The molecule has 0 aromatic rings. The van der Waals surface area contributed by atoms with Crippen LogP contribution in [-0.2, 0) is 4.74 Å². The lowest BCUT2D eigenvalue weighted by Gasteiger charge is -2.19. The van der Waals surface area contributed by atoms with Gasteiger partial charge in [-0.2, -0.15) is 0 Å². The molecule has 1 saturated heterocycles. The summed E-state index contributed by atoms with van der Waals surface area (Å²) < 4.78 is 4.96. The zero-order valence-electron chi connectivity index (χ0n) is 3.98. The lowest BCUT2D eigenvalue weighted by molar-refractivity contribution is 0.0626. The molecule has 1 aliphatic heterocycles. The molecule has 0 aromatic carbocycles. The fourth-order valence-corrected chi connectivity index (χ4v) is 1.18. The van der Waals surface area contributed by atoms with Crippen LogP contribution in [0.3, 0.4) is 0 Å². The van der Waals surface area contributed by atoms with Gasteiger partial charge in [-0.3, -0.25) is 11.1 Å². The summed E-state index contributed by atoms with van der Waals surface area (Å²) in [5, 5.41) is 2.95. The van der Waals surface area contributed by atoms with Crippen molar-refractivity contribution in [2.75, 3.05) is 12.6 Å². The van der Waals surface area contributed by atoms with Gasteiger partial charge in [-0.05, 0) is 0 Å². The van der Waals surface area contributed by atoms with Crippen molar-refractivity contribution in [3.8, 4) is 0 Å². The summed E-state index contributed by atoms with van der Waals surface area (Å²) in [6.45, 7) is 0. The summed E-state index contributed by atoms with van der Waals surface area (Å²) >= 11 is 0. The first-order valence-corrected chi connectivity index (χ1v) is 3.62. The summed E-state index contributed by atoms with van der Waals surface area (Å²) in [4.78, 5) is 0. The first-order chi connectivity index (χ1) is 3.39. The molecule has 3 nitrogen and oxygen atoms in total. The van der Waals surface area contributed by atoms with Gasteiger partial charge in [0.25, 0.3) is 0 Å². The van der Waals surface area contributed by atoms with Crippen molar-refractivity contribution >= 4 is 8.58 Å². The number of hydrogen-bond acceptors (Lipinski definition) is 3. The average Bonchev–Trinajstić information content (AvgIpc) is 1.69. The molecule has 0 amide bonds. The highest BCUT2D eigenvalue weighted by molar-refractivity contribution is 7.37. The smallest absolute Gasteiger partial charge is 0.161 e. The second-order valence-corrected chi connectivity index (χ2v) is 2.50. The third kappa shape index (κ3) is 1.70. The molecule has 42 valence electrons. The highest BCUT2D eigenvalue weighted by Crippen LogP contribution is 2.11. The van der Waals surface area contributed by atoms with Crippen LogP contribution >= 0.6 is 8.58 Å². The van der Waals surface area contributed by atoms with E-state index >= 15 is 0 Å². The van der Waals surface area contributed by atoms with E-state index in [1.807, 2.05) is 0 Å². The molecule has 0 aliphatic carbocycles. The minimum Gasteiger partial charge on any atom is -0.346 e. The van der Waals surface area contributed by atoms with Crippen LogP contribution in [-0.4, -0.2) is 19.0 Å². The van der Waals surface area contributed by atoms with E-state index in [0.29, 0.717) is 0 Å². The van der Waals surface area contributed by atoms with Crippen molar-refractivity contribution < 1.29 is 4.74 Å². The van der Waals surface area contributed by atoms with Gasteiger partial charge in [0.15, 0.2) is 6.35 Å². The fourth-order valence-electron chi connectivity index (χ4n) is 0.431. The third-order valence-corrected chi connectivity index (χ3v) is 1.62. The van der Waals surface area contributed by atoms with Gasteiger partial charge in [-0.1, -0.05) is 8.58 Å². The predicted molar refractivity (Wildman–Crippen MR) is 30.2 cm³/mol. The van der Waals surface area contributed by atoms with Crippen LogP contribution in [0.4, 0.5) is 0 Å². The molecule has 2 atom stereocenters. The van der Waals surface area contributed by atoms with E-state index in [1.165, 1.54) is 0 Å². The number of rotatable bonds is 0. The van der Waals surface area contributed by atoms with E-state index in [1.54, 1.807) is 0 Å². The van der Waals surface area contributed by atoms with Gasteiger partial charge in [0.1, 0.15) is 0 Å². The lowest BCUT2D eigenvalue weighted by atomic mass is 10.9. The zero-order chi connectivity index (χ0) is 5.11. The Morgan fingerprint density at radius 2 is 2.71 bits per heavy atom. The van der Waals surface area contributed by atoms with Crippen LogP contribution in [0, 0.1) is 0 Å². The molecule has 1 heterocycles. The Bertz CT molecular complexity index is 54.9. The van der Waals surface area contributed by atoms with Gasteiger partial charge < -0.3 is 4.74 Å². The molecule has 1 fully saturated rings. The quantitative estimate of drug-likeness (QED) is 0.421. The Morgan fingerprint density at radius 3 is 3.00 bits per heavy atom. The van der Waals surface area contributed by atoms with E-state index in [9.17, 15) is 0 Å². The SMILES string of the molecule is NC1NCPCO1. The monoisotopic (exact) mass is 120 g/mol. The van der Waals surface area contributed by atoms with Crippen molar-refractivity contribution in [1.82, 2.24) is 5.32 Å². The van der Waals surface area contributed by atoms with Crippen LogP contribution in [0.15, 0.2) is 0 Å². The van der Waals surface area contributed by atoms with Crippen LogP contribution in [0.2, 0.25) is 0 Å². The van der Waals surface area contributed by atoms with E-state index < -0.39 is 0 Å². The zero-order valence-corrected chi connectivity index (χ0v) is 4.98. The van der Waals surface area contributed by atoms with E-state index in [0.717, 1.165) is 21.2 Å². The summed E-state index contributed by atoms with van der Waals surface area (Å²) in [5.41, 5.74) is 5.31. The molecule has 3 N–H and O–H groups in total. The molecular weight excluding hydrogens is 111 g/mol. The van der Waals surface area contributed by atoms with E-state index in [2.05, 4.69) is 5.32 Å². The van der Waals surface area contributed by atoms with Crippen molar-refractivity contribution in [3.63, 3.8) is 0 Å². The van der Waals surface area contributed by atoms with Crippen LogP contribution in [0.25, 0.3) is 0 Å². The van der Waals surface area contributed by atoms with Crippen LogP contribution in [0.1, 0.15) is 0 Å². The Morgan fingerprint density at radius 1 is 1.86 bits per heavy atom. The molecule has 1 rings (SSSR count). The minimum atomic E-state index is -0.207. The largest absolute Gasteiger partial charge is 0.346 e. The first-order valence-electron chi connectivity index (χ1n) is 2.21. The fraction of sp³-hybridized carbons (Fsp3) is 1.00. The van der Waals surface area contributed by atoms with Crippen LogP contribution < -0.4 is 11.1 Å². The molecule has 0 spiro atoms. The predicted octanol–water partition coefficient (Wildman–Crippen LogP) is -0.558. The van der Waals surface area contributed by atoms with Gasteiger partial charge >= 0.3 is 0 Å². The minimum absolute atomic E-state index is 0.207. The Kier molecular flexibility index (Phi) is 2.00.